The lowest BCUT2D eigenvalue weighted by molar-refractivity contribution is 0.246. The van der Waals surface area contributed by atoms with Crippen molar-refractivity contribution in [3.05, 3.63) is 103 Å². The van der Waals surface area contributed by atoms with Crippen LogP contribution in [-0.4, -0.2) is 4.90 Å². The Kier molecular flexibility index (Phi) is 6.88. The summed E-state index contributed by atoms with van der Waals surface area (Å²) in [5.41, 5.74) is 3.88. The summed E-state index contributed by atoms with van der Waals surface area (Å²) in [6.07, 6.45) is 0. The lowest BCUT2D eigenvalue weighted by atomic mass is 10.1. The van der Waals surface area contributed by atoms with Crippen LogP contribution in [-0.2, 0) is 19.6 Å². The van der Waals surface area contributed by atoms with Crippen molar-refractivity contribution < 1.29 is 0 Å². The summed E-state index contributed by atoms with van der Waals surface area (Å²) in [5.74, 6) is 0. The van der Waals surface area contributed by atoms with Crippen LogP contribution in [0.4, 0.5) is 0 Å². The lowest BCUT2D eigenvalue weighted by Crippen LogP contribution is -2.23. The molecule has 3 aromatic carbocycles. The fraction of sp³-hybridized carbons (Fsp3) is 0.143. The predicted molar refractivity (Wildman–Crippen MR) is 115 cm³/mol. The highest BCUT2D eigenvalue weighted by molar-refractivity contribution is 9.11. The molecule has 0 aromatic heterocycles. The number of hydrogen-bond donors (Lipinski definition) is 0. The smallest absolute Gasteiger partial charge is 0.0252 e. The molecule has 0 unspecified atom stereocenters. The van der Waals surface area contributed by atoms with Crippen molar-refractivity contribution in [1.29, 1.82) is 0 Å². The van der Waals surface area contributed by atoms with E-state index in [9.17, 15) is 0 Å². The standard InChI is InChI=1S/C21H18Br3N/c22-19-10-4-1-7-16(19)13-25(14-17-8-2-5-11-20(17)23)15-18-9-3-6-12-21(18)24/h1-12H,13-15H2. The second-order valence-corrected chi connectivity index (χ2v) is 8.48. The molecule has 128 valence electrons. The van der Waals surface area contributed by atoms with Gasteiger partial charge < -0.3 is 0 Å². The summed E-state index contributed by atoms with van der Waals surface area (Å²) in [6.45, 7) is 2.64. The molecule has 0 saturated heterocycles. The molecule has 0 atom stereocenters. The Labute approximate surface area is 174 Å². The number of hydrogen-bond acceptors (Lipinski definition) is 1. The fourth-order valence-electron chi connectivity index (χ4n) is 2.77. The van der Waals surface area contributed by atoms with E-state index in [4.69, 9.17) is 0 Å². The molecular formula is C21H18Br3N. The summed E-state index contributed by atoms with van der Waals surface area (Å²) >= 11 is 11.0. The molecule has 0 fully saturated rings. The van der Waals surface area contributed by atoms with Crippen LogP contribution < -0.4 is 0 Å². The summed E-state index contributed by atoms with van der Waals surface area (Å²) in [5, 5.41) is 0. The van der Waals surface area contributed by atoms with E-state index in [0.717, 1.165) is 33.1 Å². The molecule has 4 heteroatoms. The molecule has 0 aliphatic heterocycles. The zero-order chi connectivity index (χ0) is 17.6. The molecule has 0 N–H and O–H groups in total. The van der Waals surface area contributed by atoms with Crippen molar-refractivity contribution in [3.63, 3.8) is 0 Å². The largest absolute Gasteiger partial charge is 0.290 e. The molecule has 0 aliphatic carbocycles. The highest BCUT2D eigenvalue weighted by Gasteiger charge is 2.13. The normalized spacial score (nSPS) is 11.0. The summed E-state index contributed by atoms with van der Waals surface area (Å²) < 4.78 is 3.46. The highest BCUT2D eigenvalue weighted by atomic mass is 79.9. The van der Waals surface area contributed by atoms with Crippen molar-refractivity contribution in [2.75, 3.05) is 0 Å². The van der Waals surface area contributed by atoms with Gasteiger partial charge in [0.1, 0.15) is 0 Å². The van der Waals surface area contributed by atoms with Gasteiger partial charge >= 0.3 is 0 Å². The van der Waals surface area contributed by atoms with Crippen LogP contribution in [0.2, 0.25) is 0 Å². The minimum absolute atomic E-state index is 0.879. The van der Waals surface area contributed by atoms with Gasteiger partial charge in [-0.05, 0) is 34.9 Å². The highest BCUT2D eigenvalue weighted by Crippen LogP contribution is 2.25. The third kappa shape index (κ3) is 5.27. The van der Waals surface area contributed by atoms with E-state index in [2.05, 4.69) is 125 Å². The maximum Gasteiger partial charge on any atom is 0.0252 e. The predicted octanol–water partition coefficient (Wildman–Crippen LogP) is 7.18. The van der Waals surface area contributed by atoms with Crippen LogP contribution >= 0.6 is 47.8 Å². The molecule has 25 heavy (non-hydrogen) atoms. The van der Waals surface area contributed by atoms with Gasteiger partial charge in [0.25, 0.3) is 0 Å². The first-order valence-electron chi connectivity index (χ1n) is 8.06. The van der Waals surface area contributed by atoms with Gasteiger partial charge in [-0.25, -0.2) is 0 Å². The van der Waals surface area contributed by atoms with Crippen LogP contribution in [0.3, 0.4) is 0 Å². The molecule has 0 radical (unpaired) electrons. The van der Waals surface area contributed by atoms with Crippen molar-refractivity contribution in [3.8, 4) is 0 Å². The third-order valence-corrected chi connectivity index (χ3v) is 6.38. The van der Waals surface area contributed by atoms with Gasteiger partial charge in [0, 0.05) is 33.1 Å². The van der Waals surface area contributed by atoms with Gasteiger partial charge in [-0.1, -0.05) is 102 Å². The van der Waals surface area contributed by atoms with E-state index < -0.39 is 0 Å². The van der Waals surface area contributed by atoms with Crippen molar-refractivity contribution >= 4 is 47.8 Å². The quantitative estimate of drug-likeness (QED) is 0.331. The lowest BCUT2D eigenvalue weighted by Gasteiger charge is -2.24. The minimum atomic E-state index is 0.879. The number of benzene rings is 3. The Morgan fingerprint density at radius 2 is 0.760 bits per heavy atom. The molecule has 0 heterocycles. The number of halogens is 3. The Bertz CT molecular complexity index is 735. The summed E-state index contributed by atoms with van der Waals surface area (Å²) in [4.78, 5) is 2.46. The first-order valence-corrected chi connectivity index (χ1v) is 10.4. The molecule has 0 saturated carbocycles. The van der Waals surface area contributed by atoms with Crippen LogP contribution in [0, 0.1) is 0 Å². The molecule has 3 aromatic rings. The first-order chi connectivity index (χ1) is 12.1. The minimum Gasteiger partial charge on any atom is -0.290 e. The monoisotopic (exact) mass is 521 g/mol. The van der Waals surface area contributed by atoms with Crippen LogP contribution in [0.25, 0.3) is 0 Å². The van der Waals surface area contributed by atoms with E-state index in [-0.39, 0.29) is 0 Å². The average Bonchev–Trinajstić information content (AvgIpc) is 2.61. The average molecular weight is 524 g/mol. The zero-order valence-corrected chi connectivity index (χ0v) is 18.4. The van der Waals surface area contributed by atoms with E-state index in [0.29, 0.717) is 0 Å². The third-order valence-electron chi connectivity index (χ3n) is 4.06. The fourth-order valence-corrected chi connectivity index (χ4v) is 4.00. The molecule has 0 bridgehead atoms. The van der Waals surface area contributed by atoms with Crippen molar-refractivity contribution in [2.24, 2.45) is 0 Å². The maximum absolute atomic E-state index is 3.68. The van der Waals surface area contributed by atoms with Crippen molar-refractivity contribution in [1.82, 2.24) is 4.90 Å². The van der Waals surface area contributed by atoms with Gasteiger partial charge in [-0.15, -0.1) is 0 Å². The topological polar surface area (TPSA) is 3.24 Å². The van der Waals surface area contributed by atoms with Crippen LogP contribution in [0.15, 0.2) is 86.2 Å². The SMILES string of the molecule is Brc1ccccc1CN(Cc1ccccc1Br)Cc1ccccc1Br. The van der Waals surface area contributed by atoms with Gasteiger partial charge in [-0.2, -0.15) is 0 Å². The van der Waals surface area contributed by atoms with E-state index >= 15 is 0 Å². The van der Waals surface area contributed by atoms with Gasteiger partial charge in [0.05, 0.1) is 0 Å². The Morgan fingerprint density at radius 3 is 1.04 bits per heavy atom. The number of nitrogens with zero attached hydrogens (tertiary/aromatic N) is 1. The molecule has 1 nitrogen and oxygen atoms in total. The molecular weight excluding hydrogens is 506 g/mol. The van der Waals surface area contributed by atoms with Gasteiger partial charge in [0.15, 0.2) is 0 Å². The number of rotatable bonds is 6. The van der Waals surface area contributed by atoms with E-state index in [1.807, 2.05) is 0 Å². The van der Waals surface area contributed by atoms with E-state index in [1.54, 1.807) is 0 Å². The summed E-state index contributed by atoms with van der Waals surface area (Å²) in [6, 6.07) is 25.3. The summed E-state index contributed by atoms with van der Waals surface area (Å²) in [7, 11) is 0. The van der Waals surface area contributed by atoms with Crippen LogP contribution in [0.1, 0.15) is 16.7 Å². The second-order valence-electron chi connectivity index (χ2n) is 5.92. The van der Waals surface area contributed by atoms with Crippen LogP contribution in [0.5, 0.6) is 0 Å². The van der Waals surface area contributed by atoms with Crippen molar-refractivity contribution in [2.45, 2.75) is 19.6 Å². The Balaban J connectivity index is 1.86. The van der Waals surface area contributed by atoms with Gasteiger partial charge in [-0.3, -0.25) is 4.90 Å². The second kappa shape index (κ2) is 9.13. The Hall–Kier alpha value is -0.940. The van der Waals surface area contributed by atoms with E-state index in [1.165, 1.54) is 16.7 Å². The van der Waals surface area contributed by atoms with Gasteiger partial charge in [0.2, 0.25) is 0 Å². The molecule has 0 amide bonds. The maximum atomic E-state index is 3.68. The first kappa shape index (κ1) is 18.8. The molecule has 0 aliphatic rings. The molecule has 3 rings (SSSR count). The molecule has 0 spiro atoms. The Morgan fingerprint density at radius 1 is 0.480 bits per heavy atom. The zero-order valence-electron chi connectivity index (χ0n) is 13.6.